The lowest BCUT2D eigenvalue weighted by molar-refractivity contribution is -0.0583. The van der Waals surface area contributed by atoms with Crippen LogP contribution in [0.25, 0.3) is 11.2 Å². The predicted octanol–water partition coefficient (Wildman–Crippen LogP) is 0.755. The zero-order valence-corrected chi connectivity index (χ0v) is 15.0. The third-order valence-electron chi connectivity index (χ3n) is 5.27. The molecule has 9 heteroatoms. The van der Waals surface area contributed by atoms with Crippen molar-refractivity contribution in [3.05, 3.63) is 12.2 Å². The van der Waals surface area contributed by atoms with Crippen LogP contribution in [0.15, 0.2) is 6.33 Å². The number of fused-ring (bicyclic) bond motifs is 1. The van der Waals surface area contributed by atoms with Gasteiger partial charge >= 0.3 is 0 Å². The summed E-state index contributed by atoms with van der Waals surface area (Å²) in [6, 6.07) is 0.410. The summed E-state index contributed by atoms with van der Waals surface area (Å²) in [6.07, 6.45) is 3.47. The van der Waals surface area contributed by atoms with Crippen LogP contribution in [0.4, 0.5) is 5.82 Å². The van der Waals surface area contributed by atoms with Gasteiger partial charge in [-0.3, -0.25) is 4.57 Å². The van der Waals surface area contributed by atoms with Crippen molar-refractivity contribution in [2.45, 2.75) is 63.2 Å². The maximum Gasteiger partial charge on any atom is 0.167 e. The number of aryl methyl sites for hydroxylation is 1. The number of aliphatic hydroxyl groups excluding tert-OH is 2. The summed E-state index contributed by atoms with van der Waals surface area (Å²) in [7, 11) is 1.51. The van der Waals surface area contributed by atoms with Crippen molar-refractivity contribution in [2.75, 3.05) is 19.0 Å². The van der Waals surface area contributed by atoms with Crippen molar-refractivity contribution >= 4 is 17.0 Å². The Morgan fingerprint density at radius 1 is 1.35 bits per heavy atom. The van der Waals surface area contributed by atoms with E-state index in [0.29, 0.717) is 23.0 Å². The van der Waals surface area contributed by atoms with E-state index in [4.69, 9.17) is 9.47 Å². The molecule has 0 bridgehead atoms. The number of nitrogens with zero attached hydrogens (tertiary/aromatic N) is 4. The van der Waals surface area contributed by atoms with Gasteiger partial charge in [0.1, 0.15) is 24.1 Å². The number of aliphatic hydroxyl groups is 2. The number of imidazole rings is 1. The van der Waals surface area contributed by atoms with Crippen molar-refractivity contribution in [2.24, 2.45) is 0 Å². The Morgan fingerprint density at radius 2 is 2.12 bits per heavy atom. The lowest BCUT2D eigenvalue weighted by Crippen LogP contribution is -2.34. The number of aromatic nitrogens is 4. The standard InChI is InChI=1S/C17H25N5O4/c1-9-19-15(21-10-5-3-4-6-10)12-16(20-9)22(8-18-12)17-14(25-2)13(24)11(7-23)26-17/h8,10-11,13-14,17,23-24H,3-7H2,1-2H3,(H,19,20,21)/t11-,13-,14-,17-/m1/s1. The molecule has 9 nitrogen and oxygen atoms in total. The van der Waals surface area contributed by atoms with Gasteiger partial charge in [0.15, 0.2) is 23.2 Å². The van der Waals surface area contributed by atoms with Gasteiger partial charge in [-0.25, -0.2) is 15.0 Å². The van der Waals surface area contributed by atoms with Gasteiger partial charge in [-0.15, -0.1) is 0 Å². The van der Waals surface area contributed by atoms with Crippen LogP contribution >= 0.6 is 0 Å². The molecule has 1 saturated carbocycles. The number of nitrogens with one attached hydrogen (secondary N) is 1. The van der Waals surface area contributed by atoms with E-state index in [1.807, 2.05) is 6.92 Å². The zero-order valence-electron chi connectivity index (χ0n) is 15.0. The summed E-state index contributed by atoms with van der Waals surface area (Å²) in [5.41, 5.74) is 1.29. The van der Waals surface area contributed by atoms with Gasteiger partial charge < -0.3 is 25.0 Å². The van der Waals surface area contributed by atoms with E-state index in [1.54, 1.807) is 10.9 Å². The third-order valence-corrected chi connectivity index (χ3v) is 5.27. The second kappa shape index (κ2) is 7.07. The molecule has 26 heavy (non-hydrogen) atoms. The first-order chi connectivity index (χ1) is 12.6. The number of anilines is 1. The molecule has 0 radical (unpaired) electrons. The van der Waals surface area contributed by atoms with Gasteiger partial charge in [0, 0.05) is 13.2 Å². The molecule has 2 fully saturated rings. The van der Waals surface area contributed by atoms with E-state index in [2.05, 4.69) is 20.3 Å². The molecule has 3 heterocycles. The fraction of sp³-hybridized carbons (Fsp3) is 0.706. The number of rotatable bonds is 5. The minimum absolute atomic E-state index is 0.285. The predicted molar refractivity (Wildman–Crippen MR) is 93.7 cm³/mol. The summed E-state index contributed by atoms with van der Waals surface area (Å²) < 4.78 is 13.0. The highest BCUT2D eigenvalue weighted by Gasteiger charge is 2.45. The summed E-state index contributed by atoms with van der Waals surface area (Å²) >= 11 is 0. The second-order valence-electron chi connectivity index (χ2n) is 7.01. The number of hydrogen-bond acceptors (Lipinski definition) is 8. The Hall–Kier alpha value is -1.81. The van der Waals surface area contributed by atoms with Gasteiger partial charge in [0.05, 0.1) is 12.9 Å². The smallest absolute Gasteiger partial charge is 0.167 e. The molecule has 1 aliphatic heterocycles. The molecule has 0 unspecified atom stereocenters. The van der Waals surface area contributed by atoms with Gasteiger partial charge in [-0.1, -0.05) is 12.8 Å². The van der Waals surface area contributed by atoms with Gasteiger partial charge in [0.25, 0.3) is 0 Å². The molecule has 2 aromatic rings. The molecule has 2 aromatic heterocycles. The molecule has 0 aromatic carbocycles. The van der Waals surface area contributed by atoms with E-state index in [0.717, 1.165) is 18.7 Å². The molecule has 2 aliphatic rings. The third kappa shape index (κ3) is 2.94. The molecule has 142 valence electrons. The molecule has 0 spiro atoms. The summed E-state index contributed by atoms with van der Waals surface area (Å²) in [5, 5.41) is 23.2. The second-order valence-corrected chi connectivity index (χ2v) is 7.01. The number of ether oxygens (including phenoxy) is 2. The average Bonchev–Trinajstić information content (AvgIpc) is 3.33. The largest absolute Gasteiger partial charge is 0.394 e. The fourth-order valence-corrected chi connectivity index (χ4v) is 3.92. The van der Waals surface area contributed by atoms with E-state index in [1.165, 1.54) is 20.0 Å². The van der Waals surface area contributed by atoms with Crippen molar-refractivity contribution in [1.29, 1.82) is 0 Å². The molecule has 1 aliphatic carbocycles. The highest BCUT2D eigenvalue weighted by Crippen LogP contribution is 2.34. The highest BCUT2D eigenvalue weighted by molar-refractivity contribution is 5.83. The first-order valence-electron chi connectivity index (χ1n) is 9.07. The van der Waals surface area contributed by atoms with Crippen molar-refractivity contribution < 1.29 is 19.7 Å². The van der Waals surface area contributed by atoms with Crippen LogP contribution in [-0.2, 0) is 9.47 Å². The molecule has 4 atom stereocenters. The Labute approximate surface area is 151 Å². The Bertz CT molecular complexity index is 776. The molecule has 3 N–H and O–H groups in total. The van der Waals surface area contributed by atoms with Crippen LogP contribution in [-0.4, -0.2) is 67.8 Å². The highest BCUT2D eigenvalue weighted by atomic mass is 16.6. The fourth-order valence-electron chi connectivity index (χ4n) is 3.92. The van der Waals surface area contributed by atoms with Crippen LogP contribution in [0.3, 0.4) is 0 Å². The number of hydrogen-bond donors (Lipinski definition) is 3. The van der Waals surface area contributed by atoms with Gasteiger partial charge in [-0.2, -0.15) is 0 Å². The maximum absolute atomic E-state index is 10.3. The number of methoxy groups -OCH3 is 1. The average molecular weight is 363 g/mol. The van der Waals surface area contributed by atoms with Crippen LogP contribution in [0, 0.1) is 6.92 Å². The monoisotopic (exact) mass is 363 g/mol. The molecular weight excluding hydrogens is 338 g/mol. The maximum atomic E-state index is 10.3. The Balaban J connectivity index is 1.71. The van der Waals surface area contributed by atoms with E-state index in [9.17, 15) is 10.2 Å². The first kappa shape index (κ1) is 17.6. The van der Waals surface area contributed by atoms with Gasteiger partial charge in [-0.05, 0) is 19.8 Å². The summed E-state index contributed by atoms with van der Waals surface area (Å²) in [5.74, 6) is 1.36. The van der Waals surface area contributed by atoms with Crippen molar-refractivity contribution in [3.8, 4) is 0 Å². The molecular formula is C17H25N5O4. The van der Waals surface area contributed by atoms with Crippen LogP contribution in [0.5, 0.6) is 0 Å². The SMILES string of the molecule is CO[C@@H]1[C@H](O)[C@@H](CO)O[C@H]1n1cnc2c(NC3CCCC3)nc(C)nc21. The van der Waals surface area contributed by atoms with Gasteiger partial charge in [0.2, 0.25) is 0 Å². The van der Waals surface area contributed by atoms with Crippen LogP contribution < -0.4 is 5.32 Å². The van der Waals surface area contributed by atoms with E-state index < -0.39 is 24.5 Å². The summed E-state index contributed by atoms with van der Waals surface area (Å²) in [4.78, 5) is 13.5. The Morgan fingerprint density at radius 3 is 2.81 bits per heavy atom. The van der Waals surface area contributed by atoms with Crippen LogP contribution in [0.1, 0.15) is 37.7 Å². The Kier molecular flexibility index (Phi) is 4.78. The minimum Gasteiger partial charge on any atom is -0.394 e. The molecule has 4 rings (SSSR count). The lowest BCUT2D eigenvalue weighted by Gasteiger charge is -2.20. The zero-order chi connectivity index (χ0) is 18.3. The molecule has 1 saturated heterocycles. The lowest BCUT2D eigenvalue weighted by atomic mass is 10.1. The van der Waals surface area contributed by atoms with Crippen LogP contribution in [0.2, 0.25) is 0 Å². The minimum atomic E-state index is -0.925. The van der Waals surface area contributed by atoms with E-state index >= 15 is 0 Å². The van der Waals surface area contributed by atoms with Crippen molar-refractivity contribution in [3.63, 3.8) is 0 Å². The topological polar surface area (TPSA) is 115 Å². The summed E-state index contributed by atoms with van der Waals surface area (Å²) in [6.45, 7) is 1.55. The molecule has 0 amide bonds. The normalized spacial score (nSPS) is 29.7. The first-order valence-corrected chi connectivity index (χ1v) is 9.07. The van der Waals surface area contributed by atoms with Crippen molar-refractivity contribution in [1.82, 2.24) is 19.5 Å². The quantitative estimate of drug-likeness (QED) is 0.713. The van der Waals surface area contributed by atoms with E-state index in [-0.39, 0.29) is 6.61 Å².